The second kappa shape index (κ2) is 7.95. The van der Waals surface area contributed by atoms with E-state index in [-0.39, 0.29) is 23.6 Å². The standard InChI is InChI=1S/C18H27N3O3/c1-11(2)15(19-12(3)22)16(23)20-13-8-7-9-14(10-13)21-17(24)18(4,5)6/h7-11,15H,1-6H3,(H,19,22)(H,20,23)(H,21,24)/t15-/m0/s1. The molecule has 0 aliphatic carbocycles. The van der Waals surface area contributed by atoms with E-state index in [9.17, 15) is 14.4 Å². The van der Waals surface area contributed by atoms with Gasteiger partial charge in [0.2, 0.25) is 17.7 Å². The number of carbonyl (C=O) groups is 3. The van der Waals surface area contributed by atoms with Crippen LogP contribution in [0.4, 0.5) is 11.4 Å². The van der Waals surface area contributed by atoms with Crippen molar-refractivity contribution in [3.63, 3.8) is 0 Å². The van der Waals surface area contributed by atoms with Crippen LogP contribution in [0.5, 0.6) is 0 Å². The largest absolute Gasteiger partial charge is 0.344 e. The van der Waals surface area contributed by atoms with Crippen LogP contribution in [-0.2, 0) is 14.4 Å². The Morgan fingerprint density at radius 1 is 1.00 bits per heavy atom. The van der Waals surface area contributed by atoms with Gasteiger partial charge in [-0.1, -0.05) is 40.7 Å². The van der Waals surface area contributed by atoms with Gasteiger partial charge in [0.1, 0.15) is 6.04 Å². The third kappa shape index (κ3) is 6.02. The molecule has 132 valence electrons. The normalized spacial score (nSPS) is 12.5. The predicted octanol–water partition coefficient (Wildman–Crippen LogP) is 2.77. The molecule has 1 aromatic carbocycles. The number of carbonyl (C=O) groups excluding carboxylic acids is 3. The summed E-state index contributed by atoms with van der Waals surface area (Å²) in [6, 6.07) is 6.31. The lowest BCUT2D eigenvalue weighted by atomic mass is 9.95. The van der Waals surface area contributed by atoms with Gasteiger partial charge in [-0.25, -0.2) is 0 Å². The molecule has 0 radical (unpaired) electrons. The van der Waals surface area contributed by atoms with Crippen molar-refractivity contribution in [3.05, 3.63) is 24.3 Å². The molecular weight excluding hydrogens is 306 g/mol. The maximum absolute atomic E-state index is 12.4. The molecule has 1 rings (SSSR count). The van der Waals surface area contributed by atoms with Crippen LogP contribution in [0.15, 0.2) is 24.3 Å². The lowest BCUT2D eigenvalue weighted by Gasteiger charge is -2.21. The van der Waals surface area contributed by atoms with Gasteiger partial charge in [-0.2, -0.15) is 0 Å². The molecule has 6 heteroatoms. The minimum atomic E-state index is -0.615. The molecule has 0 bridgehead atoms. The molecule has 0 saturated heterocycles. The third-order valence-electron chi connectivity index (χ3n) is 3.38. The van der Waals surface area contributed by atoms with E-state index in [0.29, 0.717) is 11.4 Å². The zero-order valence-electron chi connectivity index (χ0n) is 15.2. The summed E-state index contributed by atoms with van der Waals surface area (Å²) < 4.78 is 0. The highest BCUT2D eigenvalue weighted by molar-refractivity contribution is 5.98. The highest BCUT2D eigenvalue weighted by Crippen LogP contribution is 2.20. The maximum atomic E-state index is 12.4. The molecule has 0 unspecified atom stereocenters. The Labute approximate surface area is 143 Å². The van der Waals surface area contributed by atoms with Crippen molar-refractivity contribution in [3.8, 4) is 0 Å². The Morgan fingerprint density at radius 2 is 1.54 bits per heavy atom. The molecule has 3 amide bonds. The highest BCUT2D eigenvalue weighted by Gasteiger charge is 2.24. The van der Waals surface area contributed by atoms with Crippen LogP contribution in [0.3, 0.4) is 0 Å². The van der Waals surface area contributed by atoms with Crippen molar-refractivity contribution in [1.82, 2.24) is 5.32 Å². The van der Waals surface area contributed by atoms with E-state index in [2.05, 4.69) is 16.0 Å². The van der Waals surface area contributed by atoms with Crippen molar-refractivity contribution in [2.75, 3.05) is 10.6 Å². The summed E-state index contributed by atoms with van der Waals surface area (Å²) in [4.78, 5) is 35.7. The third-order valence-corrected chi connectivity index (χ3v) is 3.38. The molecule has 0 spiro atoms. The van der Waals surface area contributed by atoms with Gasteiger partial charge in [-0.3, -0.25) is 14.4 Å². The quantitative estimate of drug-likeness (QED) is 0.774. The van der Waals surface area contributed by atoms with Crippen LogP contribution in [0, 0.1) is 11.3 Å². The summed E-state index contributed by atoms with van der Waals surface area (Å²) in [6.45, 7) is 10.6. The molecule has 3 N–H and O–H groups in total. The summed E-state index contributed by atoms with van der Waals surface area (Å²) >= 11 is 0. The van der Waals surface area contributed by atoms with Gasteiger partial charge in [0, 0.05) is 23.7 Å². The van der Waals surface area contributed by atoms with E-state index in [1.807, 2.05) is 34.6 Å². The first-order valence-corrected chi connectivity index (χ1v) is 8.00. The van der Waals surface area contributed by atoms with Crippen LogP contribution < -0.4 is 16.0 Å². The minimum Gasteiger partial charge on any atom is -0.344 e. The summed E-state index contributed by atoms with van der Waals surface area (Å²) in [5.74, 6) is -0.698. The lowest BCUT2D eigenvalue weighted by Crippen LogP contribution is -2.46. The molecule has 0 aromatic heterocycles. The Morgan fingerprint density at radius 3 is 2.00 bits per heavy atom. The molecule has 6 nitrogen and oxygen atoms in total. The van der Waals surface area contributed by atoms with Gasteiger partial charge >= 0.3 is 0 Å². The molecule has 0 heterocycles. The fourth-order valence-electron chi connectivity index (χ4n) is 1.97. The zero-order chi connectivity index (χ0) is 18.5. The second-order valence-electron chi connectivity index (χ2n) is 7.20. The van der Waals surface area contributed by atoms with Crippen LogP contribution >= 0.6 is 0 Å². The van der Waals surface area contributed by atoms with Crippen LogP contribution in [-0.4, -0.2) is 23.8 Å². The summed E-state index contributed by atoms with van der Waals surface area (Å²) in [6.07, 6.45) is 0. The number of hydrogen-bond donors (Lipinski definition) is 3. The summed E-state index contributed by atoms with van der Waals surface area (Å²) in [5.41, 5.74) is 0.656. The summed E-state index contributed by atoms with van der Waals surface area (Å²) in [7, 11) is 0. The van der Waals surface area contributed by atoms with Crippen molar-refractivity contribution < 1.29 is 14.4 Å². The SMILES string of the molecule is CC(=O)N[C@H](C(=O)Nc1cccc(NC(=O)C(C)(C)C)c1)C(C)C. The fourth-order valence-corrected chi connectivity index (χ4v) is 1.97. The van der Waals surface area contributed by atoms with Crippen molar-refractivity contribution in [2.24, 2.45) is 11.3 Å². The summed E-state index contributed by atoms with van der Waals surface area (Å²) in [5, 5.41) is 8.24. The Kier molecular flexibility index (Phi) is 6.51. The number of hydrogen-bond acceptors (Lipinski definition) is 3. The smallest absolute Gasteiger partial charge is 0.247 e. The van der Waals surface area contributed by atoms with Crippen molar-refractivity contribution in [2.45, 2.75) is 47.6 Å². The molecular formula is C18H27N3O3. The zero-order valence-corrected chi connectivity index (χ0v) is 15.2. The van der Waals surface area contributed by atoms with Gasteiger partial charge in [0.05, 0.1) is 0 Å². The highest BCUT2D eigenvalue weighted by atomic mass is 16.2. The first kappa shape index (κ1) is 19.7. The number of amides is 3. The molecule has 24 heavy (non-hydrogen) atoms. The monoisotopic (exact) mass is 333 g/mol. The maximum Gasteiger partial charge on any atom is 0.247 e. The predicted molar refractivity (Wildman–Crippen MR) is 95.6 cm³/mol. The molecule has 0 aliphatic rings. The minimum absolute atomic E-state index is 0.0438. The number of anilines is 2. The molecule has 1 aromatic rings. The first-order chi connectivity index (χ1) is 11.0. The van der Waals surface area contributed by atoms with E-state index in [1.54, 1.807) is 24.3 Å². The Bertz CT molecular complexity index is 618. The van der Waals surface area contributed by atoms with Crippen LogP contribution in [0.25, 0.3) is 0 Å². The number of rotatable bonds is 5. The average Bonchev–Trinajstić information content (AvgIpc) is 2.43. The van der Waals surface area contributed by atoms with Crippen LogP contribution in [0.1, 0.15) is 41.5 Å². The molecule has 1 atom stereocenters. The number of benzene rings is 1. The van der Waals surface area contributed by atoms with Gasteiger partial charge < -0.3 is 16.0 Å². The lowest BCUT2D eigenvalue weighted by molar-refractivity contribution is -0.126. The van der Waals surface area contributed by atoms with Crippen molar-refractivity contribution >= 4 is 29.1 Å². The van der Waals surface area contributed by atoms with Gasteiger partial charge in [-0.15, -0.1) is 0 Å². The second-order valence-corrected chi connectivity index (χ2v) is 7.20. The van der Waals surface area contributed by atoms with Crippen LogP contribution in [0.2, 0.25) is 0 Å². The fraction of sp³-hybridized carbons (Fsp3) is 0.500. The first-order valence-electron chi connectivity index (χ1n) is 8.00. The van der Waals surface area contributed by atoms with Crippen molar-refractivity contribution in [1.29, 1.82) is 0 Å². The topological polar surface area (TPSA) is 87.3 Å². The average molecular weight is 333 g/mol. The van der Waals surface area contributed by atoms with Gasteiger partial charge in [0.15, 0.2) is 0 Å². The molecule has 0 saturated carbocycles. The molecule has 0 fully saturated rings. The van der Waals surface area contributed by atoms with Gasteiger partial charge in [-0.05, 0) is 24.1 Å². The molecule has 0 aliphatic heterocycles. The van der Waals surface area contributed by atoms with E-state index < -0.39 is 11.5 Å². The number of nitrogens with one attached hydrogen (secondary N) is 3. The van der Waals surface area contributed by atoms with E-state index >= 15 is 0 Å². The Hall–Kier alpha value is -2.37. The Balaban J connectivity index is 2.84. The van der Waals surface area contributed by atoms with E-state index in [0.717, 1.165) is 0 Å². The van der Waals surface area contributed by atoms with Gasteiger partial charge in [0.25, 0.3) is 0 Å². The van der Waals surface area contributed by atoms with E-state index in [1.165, 1.54) is 6.92 Å². The van der Waals surface area contributed by atoms with E-state index in [4.69, 9.17) is 0 Å².